The molecule has 2 aromatic carbocycles. The third kappa shape index (κ3) is 6.74. The number of nitrogens with zero attached hydrogens (tertiary/aromatic N) is 1. The second kappa shape index (κ2) is 11.6. The molecule has 4 rings (SSSR count). The lowest BCUT2D eigenvalue weighted by atomic mass is 9.90. The first-order valence-electron chi connectivity index (χ1n) is 11.7. The van der Waals surface area contributed by atoms with E-state index in [-0.39, 0.29) is 30.6 Å². The van der Waals surface area contributed by atoms with Crippen molar-refractivity contribution >= 4 is 40.6 Å². The third-order valence-corrected chi connectivity index (χ3v) is 7.15. The molecule has 0 radical (unpaired) electrons. The van der Waals surface area contributed by atoms with Crippen molar-refractivity contribution in [1.82, 2.24) is 15.6 Å². The number of urea groups is 1. The number of amides is 3. The number of halogens is 1. The summed E-state index contributed by atoms with van der Waals surface area (Å²) >= 11 is 7.27. The largest absolute Gasteiger partial charge is 0.486 e. The minimum Gasteiger partial charge on any atom is -0.486 e. The molecular formula is C26H29ClN4O3S. The molecule has 3 amide bonds. The van der Waals surface area contributed by atoms with Gasteiger partial charge in [-0.1, -0.05) is 42.6 Å². The van der Waals surface area contributed by atoms with Gasteiger partial charge < -0.3 is 20.7 Å². The minimum absolute atomic E-state index is 0.150. The number of nitrogens with one attached hydrogen (secondary N) is 3. The third-order valence-electron chi connectivity index (χ3n) is 6.08. The number of anilines is 1. The SMILES string of the molecule is Cc1cccc(C)c1NC(=O)N[C@@H]1CCCC[C@H]1NC(=O)c1csc(COc2ccc(Cl)cc2)n1. The Labute approximate surface area is 214 Å². The lowest BCUT2D eigenvalue weighted by Gasteiger charge is -2.32. The van der Waals surface area contributed by atoms with E-state index in [0.717, 1.165) is 42.5 Å². The van der Waals surface area contributed by atoms with Crippen molar-refractivity contribution in [3.8, 4) is 5.75 Å². The zero-order valence-corrected chi connectivity index (χ0v) is 21.3. The van der Waals surface area contributed by atoms with Crippen molar-refractivity contribution in [2.45, 2.75) is 58.2 Å². The fourth-order valence-corrected chi connectivity index (χ4v) is 5.02. The number of aryl methyl sites for hydroxylation is 2. The van der Waals surface area contributed by atoms with E-state index in [2.05, 4.69) is 20.9 Å². The van der Waals surface area contributed by atoms with Gasteiger partial charge in [-0.25, -0.2) is 9.78 Å². The molecule has 0 saturated heterocycles. The summed E-state index contributed by atoms with van der Waals surface area (Å²) in [5.74, 6) is 0.443. The first-order chi connectivity index (χ1) is 16.9. The highest BCUT2D eigenvalue weighted by Gasteiger charge is 2.29. The Bertz CT molecular complexity index is 1160. The Morgan fingerprint density at radius 3 is 2.37 bits per heavy atom. The Kier molecular flexibility index (Phi) is 8.25. The molecule has 1 fully saturated rings. The molecule has 0 unspecified atom stereocenters. The van der Waals surface area contributed by atoms with Crippen LogP contribution in [0.15, 0.2) is 47.8 Å². The summed E-state index contributed by atoms with van der Waals surface area (Å²) in [4.78, 5) is 30.1. The molecule has 3 N–H and O–H groups in total. The van der Waals surface area contributed by atoms with Crippen molar-refractivity contribution in [3.05, 3.63) is 74.7 Å². The quantitative estimate of drug-likeness (QED) is 0.370. The van der Waals surface area contributed by atoms with E-state index in [4.69, 9.17) is 16.3 Å². The summed E-state index contributed by atoms with van der Waals surface area (Å²) in [6, 6.07) is 12.4. The number of aromatic nitrogens is 1. The monoisotopic (exact) mass is 512 g/mol. The maximum Gasteiger partial charge on any atom is 0.319 e. The summed E-state index contributed by atoms with van der Waals surface area (Å²) in [5.41, 5.74) is 3.19. The summed E-state index contributed by atoms with van der Waals surface area (Å²) < 4.78 is 5.72. The van der Waals surface area contributed by atoms with Gasteiger partial charge in [0.15, 0.2) is 0 Å². The molecule has 3 aromatic rings. The lowest BCUT2D eigenvalue weighted by Crippen LogP contribution is -2.54. The molecule has 0 aliphatic heterocycles. The average molecular weight is 513 g/mol. The normalized spacial score (nSPS) is 17.5. The van der Waals surface area contributed by atoms with Gasteiger partial charge in [0.05, 0.1) is 6.04 Å². The van der Waals surface area contributed by atoms with E-state index in [9.17, 15) is 9.59 Å². The molecule has 35 heavy (non-hydrogen) atoms. The van der Waals surface area contributed by atoms with Gasteiger partial charge in [0, 0.05) is 22.1 Å². The molecule has 7 nitrogen and oxygen atoms in total. The smallest absolute Gasteiger partial charge is 0.319 e. The van der Waals surface area contributed by atoms with Crippen LogP contribution in [0.5, 0.6) is 5.75 Å². The first kappa shape index (κ1) is 25.0. The zero-order valence-electron chi connectivity index (χ0n) is 19.8. The number of ether oxygens (including phenoxy) is 1. The van der Waals surface area contributed by atoms with Gasteiger partial charge in [0.25, 0.3) is 5.91 Å². The van der Waals surface area contributed by atoms with Gasteiger partial charge in [0.2, 0.25) is 0 Å². The maximum atomic E-state index is 12.9. The number of rotatable bonds is 7. The molecule has 184 valence electrons. The minimum atomic E-state index is -0.260. The van der Waals surface area contributed by atoms with E-state index in [1.54, 1.807) is 29.6 Å². The van der Waals surface area contributed by atoms with Gasteiger partial charge in [-0.15, -0.1) is 11.3 Å². The van der Waals surface area contributed by atoms with Gasteiger partial charge in [-0.3, -0.25) is 4.79 Å². The van der Waals surface area contributed by atoms with E-state index in [0.29, 0.717) is 21.5 Å². The van der Waals surface area contributed by atoms with Crippen molar-refractivity contribution in [3.63, 3.8) is 0 Å². The molecule has 1 aliphatic carbocycles. The molecule has 0 bridgehead atoms. The zero-order chi connectivity index (χ0) is 24.8. The molecular weight excluding hydrogens is 484 g/mol. The average Bonchev–Trinajstić information content (AvgIpc) is 3.32. The van der Waals surface area contributed by atoms with Crippen LogP contribution in [-0.4, -0.2) is 29.0 Å². The summed E-state index contributed by atoms with van der Waals surface area (Å²) in [6.07, 6.45) is 3.61. The van der Waals surface area contributed by atoms with Crippen LogP contribution in [0.1, 0.15) is 52.3 Å². The van der Waals surface area contributed by atoms with E-state index < -0.39 is 0 Å². The predicted octanol–water partition coefficient (Wildman–Crippen LogP) is 5.86. The van der Waals surface area contributed by atoms with Gasteiger partial charge in [-0.2, -0.15) is 0 Å². The van der Waals surface area contributed by atoms with E-state index >= 15 is 0 Å². The predicted molar refractivity (Wildman–Crippen MR) is 139 cm³/mol. The van der Waals surface area contributed by atoms with Gasteiger partial charge >= 0.3 is 6.03 Å². The number of hydrogen-bond donors (Lipinski definition) is 3. The van der Waals surface area contributed by atoms with Crippen molar-refractivity contribution in [1.29, 1.82) is 0 Å². The Hall–Kier alpha value is -3.10. The van der Waals surface area contributed by atoms with Crippen LogP contribution >= 0.6 is 22.9 Å². The van der Waals surface area contributed by atoms with E-state index in [1.807, 2.05) is 32.0 Å². The molecule has 1 aliphatic rings. The van der Waals surface area contributed by atoms with Crippen molar-refractivity contribution in [2.24, 2.45) is 0 Å². The summed E-state index contributed by atoms with van der Waals surface area (Å²) in [7, 11) is 0. The summed E-state index contributed by atoms with van der Waals surface area (Å²) in [6.45, 7) is 4.20. The summed E-state index contributed by atoms with van der Waals surface area (Å²) in [5, 5.41) is 12.2. The molecule has 1 saturated carbocycles. The second-order valence-electron chi connectivity index (χ2n) is 8.71. The number of hydrogen-bond acceptors (Lipinski definition) is 5. The highest BCUT2D eigenvalue weighted by atomic mass is 35.5. The topological polar surface area (TPSA) is 92.4 Å². The van der Waals surface area contributed by atoms with Crippen LogP contribution in [0.4, 0.5) is 10.5 Å². The first-order valence-corrected chi connectivity index (χ1v) is 12.9. The fraction of sp³-hybridized carbons (Fsp3) is 0.346. The number of carbonyl (C=O) groups is 2. The molecule has 9 heteroatoms. The molecule has 2 atom stereocenters. The van der Waals surface area contributed by atoms with Gasteiger partial charge in [-0.05, 0) is 62.1 Å². The van der Waals surface area contributed by atoms with Crippen molar-refractivity contribution in [2.75, 3.05) is 5.32 Å². The van der Waals surface area contributed by atoms with Crippen LogP contribution in [0, 0.1) is 13.8 Å². The van der Waals surface area contributed by atoms with Crippen LogP contribution in [0.3, 0.4) is 0 Å². The molecule has 0 spiro atoms. The Morgan fingerprint density at radius 1 is 1.03 bits per heavy atom. The van der Waals surface area contributed by atoms with Crippen LogP contribution < -0.4 is 20.7 Å². The highest BCUT2D eigenvalue weighted by molar-refractivity contribution is 7.09. The number of para-hydroxylation sites is 1. The Balaban J connectivity index is 1.32. The standard InChI is InChI=1S/C26H29ClN4O3S/c1-16-6-5-7-17(2)24(16)31-26(33)30-21-9-4-3-8-20(21)29-25(32)22-15-35-23(28-22)14-34-19-12-10-18(27)11-13-19/h5-7,10-13,15,20-21H,3-4,8-9,14H2,1-2H3,(H,29,32)(H2,30,31,33)/t20-,21-/m1/s1. The lowest BCUT2D eigenvalue weighted by molar-refractivity contribution is 0.0911. The van der Waals surface area contributed by atoms with Crippen LogP contribution in [0.2, 0.25) is 5.02 Å². The highest BCUT2D eigenvalue weighted by Crippen LogP contribution is 2.22. The van der Waals surface area contributed by atoms with E-state index in [1.165, 1.54) is 11.3 Å². The maximum absolute atomic E-state index is 12.9. The molecule has 1 heterocycles. The number of benzene rings is 2. The number of thiazole rings is 1. The van der Waals surface area contributed by atoms with Crippen LogP contribution in [-0.2, 0) is 6.61 Å². The number of carbonyl (C=O) groups excluding carboxylic acids is 2. The fourth-order valence-electron chi connectivity index (χ4n) is 4.21. The van der Waals surface area contributed by atoms with Crippen LogP contribution in [0.25, 0.3) is 0 Å². The Morgan fingerprint density at radius 2 is 1.69 bits per heavy atom. The second-order valence-corrected chi connectivity index (χ2v) is 10.1. The van der Waals surface area contributed by atoms with Gasteiger partial charge in [0.1, 0.15) is 23.1 Å². The van der Waals surface area contributed by atoms with Crippen molar-refractivity contribution < 1.29 is 14.3 Å². The molecule has 1 aromatic heterocycles.